The average molecular weight is 505 g/mol. The van der Waals surface area contributed by atoms with Gasteiger partial charge in [-0.25, -0.2) is 4.79 Å². The Hall–Kier alpha value is -4.15. The van der Waals surface area contributed by atoms with Crippen molar-refractivity contribution in [2.45, 2.75) is 12.2 Å². The number of cyclic esters (lactones) is 1. The van der Waals surface area contributed by atoms with Crippen LogP contribution in [0, 0.1) is 0 Å². The lowest BCUT2D eigenvalue weighted by Gasteiger charge is -2.26. The third-order valence-corrected chi connectivity index (χ3v) is 6.85. The molecule has 0 spiro atoms. The predicted octanol–water partition coefficient (Wildman–Crippen LogP) is 3.84. The molecule has 4 aromatic rings. The monoisotopic (exact) mass is 504 g/mol. The molecule has 2 aliphatic heterocycles. The number of carbonyl (C=O) groups is 1. The van der Waals surface area contributed by atoms with E-state index >= 15 is 0 Å². The average Bonchev–Trinajstić information content (AvgIpc) is 3.61. The van der Waals surface area contributed by atoms with E-state index in [4.69, 9.17) is 23.7 Å². The highest BCUT2D eigenvalue weighted by atomic mass is 32.1. The maximum Gasteiger partial charge on any atom is 0.342 e. The lowest BCUT2D eigenvalue weighted by Crippen LogP contribution is -2.29. The molecule has 3 aromatic carbocycles. The summed E-state index contributed by atoms with van der Waals surface area (Å²) < 4.78 is 35.9. The maximum atomic E-state index is 13.3. The van der Waals surface area contributed by atoms with Crippen molar-refractivity contribution in [3.05, 3.63) is 76.9 Å². The molecule has 0 saturated heterocycles. The van der Waals surface area contributed by atoms with E-state index in [2.05, 4.69) is 8.75 Å². The zero-order valence-corrected chi connectivity index (χ0v) is 20.1. The number of methoxy groups -OCH3 is 2. The molecule has 182 valence electrons. The minimum atomic E-state index is -2.04. The quantitative estimate of drug-likeness (QED) is 0.392. The Kier molecular flexibility index (Phi) is 5.27. The number of carbonyl (C=O) groups excluding carboxylic acids is 1. The molecule has 6 rings (SSSR count). The van der Waals surface area contributed by atoms with Crippen LogP contribution in [-0.4, -0.2) is 40.8 Å². The van der Waals surface area contributed by atoms with Crippen LogP contribution in [0.15, 0.2) is 60.2 Å². The Morgan fingerprint density at radius 2 is 1.75 bits per heavy atom. The number of aromatic nitrogens is 2. The minimum Gasteiger partial charge on any atom is -0.493 e. The van der Waals surface area contributed by atoms with Crippen molar-refractivity contribution in [3.8, 4) is 23.0 Å². The molecule has 1 unspecified atom stereocenters. The van der Waals surface area contributed by atoms with Gasteiger partial charge in [0.2, 0.25) is 6.79 Å². The Morgan fingerprint density at radius 3 is 2.58 bits per heavy atom. The largest absolute Gasteiger partial charge is 0.493 e. The van der Waals surface area contributed by atoms with Crippen molar-refractivity contribution in [2.24, 2.45) is 0 Å². The van der Waals surface area contributed by atoms with Gasteiger partial charge in [-0.3, -0.25) is 0 Å². The topological polar surface area (TPSA) is 109 Å². The third kappa shape index (κ3) is 3.53. The first-order valence-electron chi connectivity index (χ1n) is 11.0. The van der Waals surface area contributed by atoms with Crippen molar-refractivity contribution in [1.82, 2.24) is 8.75 Å². The van der Waals surface area contributed by atoms with Crippen molar-refractivity contribution in [2.75, 3.05) is 21.0 Å². The van der Waals surface area contributed by atoms with E-state index in [1.54, 1.807) is 42.5 Å². The molecular weight excluding hydrogens is 484 g/mol. The Labute approximate surface area is 209 Å². The van der Waals surface area contributed by atoms with E-state index < -0.39 is 11.8 Å². The van der Waals surface area contributed by atoms with Gasteiger partial charge in [0.05, 0.1) is 31.5 Å². The van der Waals surface area contributed by atoms with Crippen LogP contribution in [-0.2, 0) is 21.7 Å². The van der Waals surface area contributed by atoms with Gasteiger partial charge in [-0.05, 0) is 53.6 Å². The lowest BCUT2D eigenvalue weighted by molar-refractivity contribution is -0.185. The van der Waals surface area contributed by atoms with Crippen LogP contribution in [0.4, 0.5) is 0 Å². The number of ether oxygens (including phenoxy) is 5. The fourth-order valence-corrected chi connectivity index (χ4v) is 5.03. The molecule has 0 fully saturated rings. The summed E-state index contributed by atoms with van der Waals surface area (Å²) in [6.07, 6.45) is 0.204. The molecule has 0 aliphatic carbocycles. The van der Waals surface area contributed by atoms with Gasteiger partial charge >= 0.3 is 5.97 Å². The van der Waals surface area contributed by atoms with Gasteiger partial charge in [0.25, 0.3) is 5.79 Å². The molecule has 9 nitrogen and oxygen atoms in total. The summed E-state index contributed by atoms with van der Waals surface area (Å²) in [7, 11) is 3.02. The number of rotatable bonds is 6. The second kappa shape index (κ2) is 8.51. The molecule has 2 aliphatic rings. The van der Waals surface area contributed by atoms with Crippen LogP contribution in [0.2, 0.25) is 0 Å². The number of esters is 1. The maximum absolute atomic E-state index is 13.3. The smallest absolute Gasteiger partial charge is 0.342 e. The molecule has 10 heteroatoms. The van der Waals surface area contributed by atoms with Gasteiger partial charge in [-0.1, -0.05) is 12.1 Å². The normalized spacial score (nSPS) is 18.6. The van der Waals surface area contributed by atoms with Crippen LogP contribution < -0.4 is 18.9 Å². The summed E-state index contributed by atoms with van der Waals surface area (Å²) in [6, 6.07) is 15.7. The van der Waals surface area contributed by atoms with Crippen LogP contribution in [0.1, 0.15) is 16.7 Å². The SMILES string of the molecule is COc1ccc(C2(O)OC(=O)C(c3ccc4nsnc4c3)=C2Cc2ccc3c(c2)OCO3)cc1OC. The second-order valence-electron chi connectivity index (χ2n) is 8.29. The molecule has 36 heavy (non-hydrogen) atoms. The van der Waals surface area contributed by atoms with E-state index in [0.717, 1.165) is 22.8 Å². The standard InChI is InChI=1S/C26H20N2O7S/c1-31-20-8-5-16(12-22(20)32-2)26(30)17(9-14-3-7-21-23(10-14)34-13-33-21)24(25(29)35-26)15-4-6-18-19(11-15)28-36-27-18/h3-8,10-12,30H,9,13H2,1-2H3. The molecule has 0 radical (unpaired) electrons. The van der Waals surface area contributed by atoms with Crippen molar-refractivity contribution >= 4 is 34.3 Å². The molecule has 1 aromatic heterocycles. The summed E-state index contributed by atoms with van der Waals surface area (Å²) >= 11 is 1.09. The van der Waals surface area contributed by atoms with Gasteiger partial charge in [-0.15, -0.1) is 0 Å². The number of hydrogen-bond acceptors (Lipinski definition) is 10. The van der Waals surface area contributed by atoms with Crippen LogP contribution >= 0.6 is 11.7 Å². The van der Waals surface area contributed by atoms with E-state index in [-0.39, 0.29) is 18.8 Å². The molecule has 1 atom stereocenters. The summed E-state index contributed by atoms with van der Waals surface area (Å²) in [5.74, 6) is -0.571. The number of hydrogen-bond donors (Lipinski definition) is 1. The highest BCUT2D eigenvalue weighted by Crippen LogP contribution is 2.47. The first-order valence-corrected chi connectivity index (χ1v) is 11.8. The number of aliphatic hydroxyl groups is 1. The Morgan fingerprint density at radius 1 is 0.944 bits per heavy atom. The summed E-state index contributed by atoms with van der Waals surface area (Å²) in [5, 5.41) is 12.0. The van der Waals surface area contributed by atoms with Gasteiger partial charge in [0, 0.05) is 17.6 Å². The molecule has 3 heterocycles. The zero-order valence-electron chi connectivity index (χ0n) is 19.3. The van der Waals surface area contributed by atoms with E-state index in [0.29, 0.717) is 45.2 Å². The lowest BCUT2D eigenvalue weighted by atomic mass is 9.87. The van der Waals surface area contributed by atoms with Crippen LogP contribution in [0.25, 0.3) is 16.6 Å². The molecule has 0 bridgehead atoms. The summed E-state index contributed by atoms with van der Waals surface area (Å²) in [6.45, 7) is 0.144. The van der Waals surface area contributed by atoms with Gasteiger partial charge in [0.1, 0.15) is 11.0 Å². The summed E-state index contributed by atoms with van der Waals surface area (Å²) in [4.78, 5) is 13.3. The van der Waals surface area contributed by atoms with Gasteiger partial charge in [-0.2, -0.15) is 8.75 Å². The molecule has 0 amide bonds. The van der Waals surface area contributed by atoms with E-state index in [1.807, 2.05) is 12.1 Å². The fourth-order valence-electron chi connectivity index (χ4n) is 4.51. The second-order valence-corrected chi connectivity index (χ2v) is 8.82. The minimum absolute atomic E-state index is 0.144. The fraction of sp³-hybridized carbons (Fsp3) is 0.192. The number of benzene rings is 3. The Balaban J connectivity index is 1.53. The van der Waals surface area contributed by atoms with Crippen LogP contribution in [0.5, 0.6) is 23.0 Å². The Bertz CT molecular complexity index is 1550. The molecular formula is C26H20N2O7S. The summed E-state index contributed by atoms with van der Waals surface area (Å²) in [5.41, 5.74) is 3.73. The zero-order chi connectivity index (χ0) is 24.9. The van der Waals surface area contributed by atoms with Gasteiger partial charge in [0.15, 0.2) is 23.0 Å². The van der Waals surface area contributed by atoms with Crippen molar-refractivity contribution < 1.29 is 33.6 Å². The first kappa shape index (κ1) is 22.3. The van der Waals surface area contributed by atoms with Crippen LogP contribution in [0.3, 0.4) is 0 Å². The number of fused-ring (bicyclic) bond motifs is 2. The van der Waals surface area contributed by atoms with Crippen molar-refractivity contribution in [3.63, 3.8) is 0 Å². The van der Waals surface area contributed by atoms with E-state index in [9.17, 15) is 9.90 Å². The van der Waals surface area contributed by atoms with Crippen molar-refractivity contribution in [1.29, 1.82) is 0 Å². The first-order chi connectivity index (χ1) is 17.5. The molecule has 0 saturated carbocycles. The molecule has 1 N–H and O–H groups in total. The predicted molar refractivity (Wildman–Crippen MR) is 130 cm³/mol. The number of nitrogens with zero attached hydrogens (tertiary/aromatic N) is 2. The third-order valence-electron chi connectivity index (χ3n) is 6.29. The van der Waals surface area contributed by atoms with E-state index in [1.165, 1.54) is 14.2 Å². The van der Waals surface area contributed by atoms with Gasteiger partial charge < -0.3 is 28.8 Å². The highest BCUT2D eigenvalue weighted by Gasteiger charge is 2.48. The highest BCUT2D eigenvalue weighted by molar-refractivity contribution is 7.00.